The number of carboxylic acids is 2. The number of nitrogens with zero attached hydrogens (tertiary/aromatic N) is 2. The van der Waals surface area contributed by atoms with Gasteiger partial charge in [0.25, 0.3) is 0 Å². The zero-order valence-corrected chi connectivity index (χ0v) is 18.9. The van der Waals surface area contributed by atoms with Crippen molar-refractivity contribution < 1.29 is 29.3 Å². The SMILES string of the molecule is O=C(O)/C=C\C(=O)O.OCCN1CCN(C2Cc3ccccc3Sc3c(F)cccc32)CC1. The number of piperazine rings is 1. The van der Waals surface area contributed by atoms with Crippen LogP contribution in [0.4, 0.5) is 4.39 Å². The Morgan fingerprint density at radius 3 is 2.30 bits per heavy atom. The second-order valence-electron chi connectivity index (χ2n) is 7.70. The Balaban J connectivity index is 0.000000331. The fourth-order valence-corrected chi connectivity index (χ4v) is 5.14. The van der Waals surface area contributed by atoms with Crippen molar-refractivity contribution in [3.63, 3.8) is 0 Å². The summed E-state index contributed by atoms with van der Waals surface area (Å²) in [5.41, 5.74) is 2.41. The van der Waals surface area contributed by atoms with Crippen LogP contribution in [0.2, 0.25) is 0 Å². The summed E-state index contributed by atoms with van der Waals surface area (Å²) >= 11 is 1.56. The molecule has 2 aromatic rings. The van der Waals surface area contributed by atoms with E-state index in [1.54, 1.807) is 17.8 Å². The third-order valence-electron chi connectivity index (χ3n) is 5.59. The van der Waals surface area contributed by atoms with Crippen LogP contribution in [0.3, 0.4) is 0 Å². The molecule has 0 aliphatic carbocycles. The summed E-state index contributed by atoms with van der Waals surface area (Å²) in [6.45, 7) is 4.76. The lowest BCUT2D eigenvalue weighted by Gasteiger charge is -2.39. The fraction of sp³-hybridized carbons (Fsp3) is 0.333. The Hall–Kier alpha value is -2.72. The fourth-order valence-electron chi connectivity index (χ4n) is 4.00. The number of fused-ring (bicyclic) bond motifs is 2. The second kappa shape index (κ2) is 11.9. The van der Waals surface area contributed by atoms with Gasteiger partial charge in [0.15, 0.2) is 0 Å². The monoisotopic (exact) mass is 474 g/mol. The second-order valence-corrected chi connectivity index (χ2v) is 8.75. The lowest BCUT2D eigenvalue weighted by molar-refractivity contribution is -0.134. The maximum absolute atomic E-state index is 14.6. The molecule has 33 heavy (non-hydrogen) atoms. The van der Waals surface area contributed by atoms with Crippen molar-refractivity contribution in [2.24, 2.45) is 0 Å². The molecular formula is C24H27FN2O5S. The highest BCUT2D eigenvalue weighted by Crippen LogP contribution is 2.44. The number of hydrogen-bond donors (Lipinski definition) is 3. The van der Waals surface area contributed by atoms with Crippen LogP contribution in [0, 0.1) is 5.82 Å². The van der Waals surface area contributed by atoms with Gasteiger partial charge in [-0.15, -0.1) is 0 Å². The lowest BCUT2D eigenvalue weighted by Crippen LogP contribution is -2.48. The van der Waals surface area contributed by atoms with E-state index in [2.05, 4.69) is 34.1 Å². The van der Waals surface area contributed by atoms with Crippen LogP contribution < -0.4 is 0 Å². The molecule has 1 unspecified atom stereocenters. The minimum absolute atomic E-state index is 0.122. The Morgan fingerprint density at radius 2 is 1.67 bits per heavy atom. The van der Waals surface area contributed by atoms with Crippen LogP contribution in [-0.4, -0.2) is 76.4 Å². The third-order valence-corrected chi connectivity index (χ3v) is 6.84. The van der Waals surface area contributed by atoms with Gasteiger partial charge in [0.05, 0.1) is 11.5 Å². The van der Waals surface area contributed by atoms with Gasteiger partial charge < -0.3 is 15.3 Å². The van der Waals surface area contributed by atoms with E-state index >= 15 is 0 Å². The van der Waals surface area contributed by atoms with Gasteiger partial charge in [-0.3, -0.25) is 9.80 Å². The summed E-state index contributed by atoms with van der Waals surface area (Å²) in [5, 5.41) is 24.8. The van der Waals surface area contributed by atoms with Gasteiger partial charge in [0.1, 0.15) is 5.82 Å². The molecule has 1 fully saturated rings. The zero-order valence-electron chi connectivity index (χ0n) is 18.1. The van der Waals surface area contributed by atoms with Crippen LogP contribution in [0.15, 0.2) is 64.4 Å². The van der Waals surface area contributed by atoms with Crippen LogP contribution >= 0.6 is 11.8 Å². The molecule has 2 aliphatic rings. The van der Waals surface area contributed by atoms with Gasteiger partial charge >= 0.3 is 11.9 Å². The molecule has 0 amide bonds. The summed E-state index contributed by atoms with van der Waals surface area (Å²) in [5.74, 6) is -2.64. The van der Waals surface area contributed by atoms with Crippen molar-refractivity contribution in [3.8, 4) is 0 Å². The Kier molecular flexibility index (Phi) is 9.02. The molecule has 9 heteroatoms. The number of aliphatic hydroxyl groups excluding tert-OH is 1. The normalized spacial score (nSPS) is 18.5. The minimum Gasteiger partial charge on any atom is -0.478 e. The number of hydrogen-bond acceptors (Lipinski definition) is 6. The predicted molar refractivity (Wildman–Crippen MR) is 123 cm³/mol. The van der Waals surface area contributed by atoms with Crippen molar-refractivity contribution in [1.82, 2.24) is 9.80 Å². The molecular weight excluding hydrogens is 447 g/mol. The molecule has 4 rings (SSSR count). The number of aliphatic carboxylic acids is 2. The highest BCUT2D eigenvalue weighted by atomic mass is 32.2. The smallest absolute Gasteiger partial charge is 0.328 e. The van der Waals surface area contributed by atoms with E-state index in [1.807, 2.05) is 12.1 Å². The summed E-state index contributed by atoms with van der Waals surface area (Å²) in [6.07, 6.45) is 2.03. The van der Waals surface area contributed by atoms with E-state index in [0.29, 0.717) is 12.2 Å². The Labute approximate surface area is 196 Å². The van der Waals surface area contributed by atoms with Crippen LogP contribution in [0.5, 0.6) is 0 Å². The molecule has 0 spiro atoms. The van der Waals surface area contributed by atoms with Crippen LogP contribution in [0.1, 0.15) is 17.2 Å². The Morgan fingerprint density at radius 1 is 1.00 bits per heavy atom. The molecule has 0 saturated carbocycles. The van der Waals surface area contributed by atoms with Gasteiger partial charge in [-0.2, -0.15) is 0 Å². The van der Waals surface area contributed by atoms with E-state index < -0.39 is 11.9 Å². The highest BCUT2D eigenvalue weighted by Gasteiger charge is 2.30. The van der Waals surface area contributed by atoms with Crippen molar-refractivity contribution in [1.29, 1.82) is 0 Å². The molecule has 3 N–H and O–H groups in total. The number of halogens is 1. The molecule has 1 atom stereocenters. The number of β-amino-alcohol motifs (C(OH)–C–C–N with tert-alkyl or cyclic N) is 1. The zero-order chi connectivity index (χ0) is 23.8. The van der Waals surface area contributed by atoms with E-state index in [9.17, 15) is 14.0 Å². The summed E-state index contributed by atoms with van der Waals surface area (Å²) in [7, 11) is 0. The first-order chi connectivity index (χ1) is 15.9. The van der Waals surface area contributed by atoms with Gasteiger partial charge in [-0.1, -0.05) is 42.1 Å². The molecule has 0 bridgehead atoms. The first kappa shape index (κ1) is 24.9. The van der Waals surface area contributed by atoms with Crippen LogP contribution in [0.25, 0.3) is 0 Å². The van der Waals surface area contributed by atoms with Gasteiger partial charge in [0.2, 0.25) is 0 Å². The lowest BCUT2D eigenvalue weighted by atomic mass is 9.96. The first-order valence-electron chi connectivity index (χ1n) is 10.6. The molecule has 2 aromatic carbocycles. The Bertz CT molecular complexity index is 992. The number of carbonyl (C=O) groups is 2. The summed E-state index contributed by atoms with van der Waals surface area (Å²) in [4.78, 5) is 25.8. The molecule has 0 radical (unpaired) electrons. The maximum Gasteiger partial charge on any atom is 0.328 e. The van der Waals surface area contributed by atoms with E-state index in [4.69, 9.17) is 15.3 Å². The van der Waals surface area contributed by atoms with Crippen molar-refractivity contribution in [2.75, 3.05) is 39.3 Å². The topological polar surface area (TPSA) is 101 Å². The van der Waals surface area contributed by atoms with Crippen LogP contribution in [-0.2, 0) is 16.0 Å². The molecule has 2 aliphatic heterocycles. The number of carboxylic acid groups (broad SMARTS) is 2. The van der Waals surface area contributed by atoms with Gasteiger partial charge in [-0.25, -0.2) is 14.0 Å². The number of rotatable bonds is 5. The number of benzene rings is 2. The first-order valence-corrected chi connectivity index (χ1v) is 11.5. The maximum atomic E-state index is 14.6. The van der Waals surface area contributed by atoms with Crippen molar-refractivity contribution >= 4 is 23.7 Å². The molecule has 176 valence electrons. The van der Waals surface area contributed by atoms with E-state index in [-0.39, 0.29) is 18.5 Å². The molecule has 7 nitrogen and oxygen atoms in total. The van der Waals surface area contributed by atoms with Gasteiger partial charge in [-0.05, 0) is 29.7 Å². The predicted octanol–water partition coefficient (Wildman–Crippen LogP) is 2.90. The average Bonchev–Trinajstić information content (AvgIpc) is 2.97. The minimum atomic E-state index is -1.26. The van der Waals surface area contributed by atoms with E-state index in [0.717, 1.165) is 54.5 Å². The highest BCUT2D eigenvalue weighted by molar-refractivity contribution is 7.99. The standard InChI is InChI=1S/C20H23FN2OS.C4H4O4/c21-17-6-3-5-16-18(23-10-8-22(9-11-23)12-13-24)14-15-4-1-2-7-19(15)25-20(16)17;5-3(6)1-2-4(7)8/h1-7,18,24H,8-14H2;1-2H,(H,5,6)(H,7,8)/b;2-1-. The third kappa shape index (κ3) is 6.88. The largest absolute Gasteiger partial charge is 0.478 e. The summed E-state index contributed by atoms with van der Waals surface area (Å²) in [6, 6.07) is 14.1. The number of aliphatic hydroxyl groups is 1. The van der Waals surface area contributed by atoms with Gasteiger partial charge in [0, 0.05) is 55.8 Å². The van der Waals surface area contributed by atoms with E-state index in [1.165, 1.54) is 5.56 Å². The quantitative estimate of drug-likeness (QED) is 0.569. The molecule has 0 aromatic heterocycles. The summed E-state index contributed by atoms with van der Waals surface area (Å²) < 4.78 is 14.6. The average molecular weight is 475 g/mol. The van der Waals surface area contributed by atoms with Crippen molar-refractivity contribution in [3.05, 3.63) is 71.6 Å². The molecule has 1 saturated heterocycles. The molecule has 2 heterocycles. The van der Waals surface area contributed by atoms with Crippen molar-refractivity contribution in [2.45, 2.75) is 22.3 Å².